The first kappa shape index (κ1) is 23.7. The van der Waals surface area contributed by atoms with Gasteiger partial charge in [0, 0.05) is 5.56 Å². The quantitative estimate of drug-likeness (QED) is 0.152. The molecule has 0 atom stereocenters. The van der Waals surface area contributed by atoms with Gasteiger partial charge >= 0.3 is 5.16 Å². The van der Waals surface area contributed by atoms with Crippen molar-refractivity contribution in [3.05, 3.63) is 90.5 Å². The van der Waals surface area contributed by atoms with Gasteiger partial charge in [-0.25, -0.2) is 5.43 Å². The van der Waals surface area contributed by atoms with Gasteiger partial charge in [-0.3, -0.25) is 4.79 Å². The maximum absolute atomic E-state index is 12.4. The van der Waals surface area contributed by atoms with Crippen LogP contribution < -0.4 is 19.8 Å². The summed E-state index contributed by atoms with van der Waals surface area (Å²) in [5.74, 6) is -0.470. The third kappa shape index (κ3) is 6.33. The fraction of sp³-hybridized carbons (Fsp3) is 0.0800. The van der Waals surface area contributed by atoms with Gasteiger partial charge in [0.25, 0.3) is 11.7 Å². The molecule has 0 aliphatic heterocycles. The number of thioether (sulfide) groups is 1. The molecule has 2 N–H and O–H groups in total. The summed E-state index contributed by atoms with van der Waals surface area (Å²) in [7, 11) is 0. The molecule has 4 rings (SSSR count). The first-order valence-corrected chi connectivity index (χ1v) is 11.6. The minimum absolute atomic E-state index is 0.0755. The molecule has 0 saturated carbocycles. The lowest BCUT2D eigenvalue weighted by molar-refractivity contribution is -0.625. The molecule has 10 heteroatoms. The first-order chi connectivity index (χ1) is 17.1. The maximum Gasteiger partial charge on any atom is 0.342 e. The number of benzene rings is 3. The van der Waals surface area contributed by atoms with Crippen LogP contribution in [0.3, 0.4) is 0 Å². The number of para-hydroxylation sites is 2. The molecule has 1 aromatic heterocycles. The molecule has 0 unspecified atom stereocenters. The lowest BCUT2D eigenvalue weighted by atomic mass is 10.2. The molecule has 4 aromatic rings. The summed E-state index contributed by atoms with van der Waals surface area (Å²) in [6.45, 7) is -0.579. The predicted molar refractivity (Wildman–Crippen MR) is 129 cm³/mol. The molecule has 3 aromatic carbocycles. The van der Waals surface area contributed by atoms with Gasteiger partial charge in [-0.15, -0.1) is 5.10 Å². The molecule has 0 aliphatic carbocycles. The number of hydrogen-bond acceptors (Lipinski definition) is 7. The number of carbonyl (C=O) groups excluding carboxylic acids is 2. The fourth-order valence-electron chi connectivity index (χ4n) is 3.19. The van der Waals surface area contributed by atoms with E-state index in [1.807, 2.05) is 65.2 Å². The van der Waals surface area contributed by atoms with Gasteiger partial charge in [0.15, 0.2) is 0 Å². The third-order valence-corrected chi connectivity index (χ3v) is 5.66. The Morgan fingerprint density at radius 2 is 1.71 bits per heavy atom. The number of aromatic nitrogens is 3. The standard InChI is InChI=1S/C25H21N5O4S/c31-22(27-26-15-19-11-7-8-14-21(19)34-16-23(32)33)17-35-25-29-28-24(18-9-3-1-4-10-18)30(25)20-12-5-2-6-13-20/h1-15H,16-17H2,(H2,27,31,32,33)/b26-15+. The Balaban J connectivity index is 1.44. The van der Waals surface area contributed by atoms with Crippen LogP contribution in [-0.2, 0) is 9.59 Å². The summed E-state index contributed by atoms with van der Waals surface area (Å²) in [6.07, 6.45) is 1.39. The van der Waals surface area contributed by atoms with Crippen LogP contribution in [0.1, 0.15) is 5.56 Å². The van der Waals surface area contributed by atoms with Gasteiger partial charge in [0.2, 0.25) is 0 Å². The van der Waals surface area contributed by atoms with Crippen molar-refractivity contribution in [2.75, 3.05) is 12.4 Å². The minimum Gasteiger partial charge on any atom is -0.546 e. The number of hydrogen-bond donors (Lipinski definition) is 2. The number of rotatable bonds is 10. The molecule has 0 radical (unpaired) electrons. The van der Waals surface area contributed by atoms with Crippen molar-refractivity contribution < 1.29 is 24.0 Å². The Morgan fingerprint density at radius 1 is 1.03 bits per heavy atom. The van der Waals surface area contributed by atoms with Gasteiger partial charge in [-0.1, -0.05) is 48.5 Å². The first-order valence-electron chi connectivity index (χ1n) is 10.6. The van der Waals surface area contributed by atoms with E-state index >= 15 is 0 Å². The highest BCUT2D eigenvalue weighted by atomic mass is 32.2. The van der Waals surface area contributed by atoms with E-state index in [4.69, 9.17) is 4.74 Å². The van der Waals surface area contributed by atoms with E-state index < -0.39 is 12.6 Å². The maximum atomic E-state index is 12.4. The van der Waals surface area contributed by atoms with Crippen LogP contribution in [0.25, 0.3) is 17.1 Å². The van der Waals surface area contributed by atoms with Gasteiger partial charge in [-0.05, 0) is 48.2 Å². The normalized spacial score (nSPS) is 10.9. The van der Waals surface area contributed by atoms with Crippen LogP contribution in [0.15, 0.2) is 95.2 Å². The van der Waals surface area contributed by atoms with Crippen molar-refractivity contribution in [2.24, 2.45) is 5.10 Å². The summed E-state index contributed by atoms with van der Waals surface area (Å²) in [5.41, 5.74) is 4.86. The van der Waals surface area contributed by atoms with E-state index in [9.17, 15) is 14.7 Å². The van der Waals surface area contributed by atoms with E-state index in [1.54, 1.807) is 24.3 Å². The Hall–Kier alpha value is -4.44. The van der Waals surface area contributed by atoms with Gasteiger partial charge in [0.05, 0.1) is 28.6 Å². The van der Waals surface area contributed by atoms with Crippen molar-refractivity contribution in [3.8, 4) is 22.8 Å². The van der Waals surface area contributed by atoms with E-state index in [1.165, 1.54) is 18.0 Å². The van der Waals surface area contributed by atoms with Crippen molar-refractivity contribution in [2.45, 2.75) is 5.16 Å². The highest BCUT2D eigenvalue weighted by Gasteiger charge is 2.24. The Kier molecular flexibility index (Phi) is 7.87. The van der Waals surface area contributed by atoms with E-state index in [-0.39, 0.29) is 11.7 Å². The number of carbonyl (C=O) groups is 2. The Labute approximate surface area is 205 Å². The number of ether oxygens (including phenoxy) is 1. The number of carboxylic acids is 1. The topological polar surface area (TPSA) is 123 Å². The highest BCUT2D eigenvalue weighted by Crippen LogP contribution is 2.20. The number of nitrogens with one attached hydrogen (secondary N) is 2. The molecular weight excluding hydrogens is 466 g/mol. The molecule has 0 fully saturated rings. The van der Waals surface area contributed by atoms with Crippen molar-refractivity contribution in [1.29, 1.82) is 0 Å². The zero-order chi connectivity index (χ0) is 24.5. The number of nitrogens with zero attached hydrogens (tertiary/aromatic N) is 3. The molecule has 35 heavy (non-hydrogen) atoms. The van der Waals surface area contributed by atoms with Crippen molar-refractivity contribution in [1.82, 2.24) is 15.6 Å². The SMILES string of the molecule is O=C([O-])COc1ccccc1/C=N/NC(=O)CSc1n[nH]c(-c2ccccc2)[n+]1-c1ccccc1. The van der Waals surface area contributed by atoms with E-state index in [0.717, 1.165) is 17.1 Å². The summed E-state index contributed by atoms with van der Waals surface area (Å²) >= 11 is 1.26. The summed E-state index contributed by atoms with van der Waals surface area (Å²) in [5, 5.41) is 22.7. The zero-order valence-corrected chi connectivity index (χ0v) is 19.3. The van der Waals surface area contributed by atoms with Crippen molar-refractivity contribution in [3.63, 3.8) is 0 Å². The van der Waals surface area contributed by atoms with Gasteiger partial charge in [0.1, 0.15) is 18.0 Å². The third-order valence-electron chi connectivity index (χ3n) is 4.72. The lowest BCUT2D eigenvalue weighted by Gasteiger charge is -2.08. The van der Waals surface area contributed by atoms with Crippen LogP contribution in [0.5, 0.6) is 5.75 Å². The second kappa shape index (κ2) is 11.6. The molecule has 0 aliphatic rings. The zero-order valence-electron chi connectivity index (χ0n) is 18.5. The largest absolute Gasteiger partial charge is 0.546 e. The predicted octanol–water partition coefficient (Wildman–Crippen LogP) is 1.72. The van der Waals surface area contributed by atoms with Crippen LogP contribution in [-0.4, -0.2) is 40.6 Å². The van der Waals surface area contributed by atoms with Crippen LogP contribution in [0.4, 0.5) is 0 Å². The van der Waals surface area contributed by atoms with Crippen LogP contribution in [0, 0.1) is 0 Å². The number of H-pyrrole nitrogens is 1. The number of amides is 1. The van der Waals surface area contributed by atoms with Gasteiger partial charge in [-0.2, -0.15) is 9.67 Å². The average Bonchev–Trinajstić information content (AvgIpc) is 3.32. The lowest BCUT2D eigenvalue weighted by Crippen LogP contribution is -2.34. The number of aromatic amines is 1. The highest BCUT2D eigenvalue weighted by molar-refractivity contribution is 7.99. The van der Waals surface area contributed by atoms with Crippen LogP contribution >= 0.6 is 11.8 Å². The molecular formula is C25H21N5O4S. The smallest absolute Gasteiger partial charge is 0.342 e. The average molecular weight is 488 g/mol. The summed E-state index contributed by atoms with van der Waals surface area (Å²) < 4.78 is 7.13. The molecule has 0 saturated heterocycles. The number of carboxylic acid groups (broad SMARTS) is 1. The molecule has 1 amide bonds. The van der Waals surface area contributed by atoms with Gasteiger partial charge < -0.3 is 14.6 Å². The molecule has 1 heterocycles. The summed E-state index contributed by atoms with van der Waals surface area (Å²) in [4.78, 5) is 23.1. The Bertz CT molecular complexity index is 1330. The number of aliphatic carboxylic acids is 1. The molecule has 9 nitrogen and oxygen atoms in total. The second-order valence-corrected chi connectivity index (χ2v) is 8.11. The van der Waals surface area contributed by atoms with Crippen LogP contribution in [0.2, 0.25) is 0 Å². The molecule has 0 spiro atoms. The molecule has 176 valence electrons. The van der Waals surface area contributed by atoms with E-state index in [2.05, 4.69) is 20.7 Å². The minimum atomic E-state index is -1.33. The van der Waals surface area contributed by atoms with Crippen molar-refractivity contribution >= 4 is 29.9 Å². The fourth-order valence-corrected chi connectivity index (χ4v) is 3.95. The molecule has 0 bridgehead atoms. The monoisotopic (exact) mass is 487 g/mol. The second-order valence-electron chi connectivity index (χ2n) is 7.17. The Morgan fingerprint density at radius 3 is 2.46 bits per heavy atom. The number of hydrazone groups is 1. The van der Waals surface area contributed by atoms with E-state index in [0.29, 0.717) is 16.5 Å². The summed E-state index contributed by atoms with van der Waals surface area (Å²) in [6, 6.07) is 26.3.